The van der Waals surface area contributed by atoms with Gasteiger partial charge < -0.3 is 9.47 Å². The normalized spacial score (nSPS) is 23.2. The summed E-state index contributed by atoms with van der Waals surface area (Å²) in [6.07, 6.45) is 2.29. The summed E-state index contributed by atoms with van der Waals surface area (Å²) in [5.74, 6) is 0.815. The van der Waals surface area contributed by atoms with Crippen LogP contribution in [0.3, 0.4) is 0 Å². The first-order chi connectivity index (χ1) is 9.65. The molecule has 1 fully saturated rings. The van der Waals surface area contributed by atoms with Gasteiger partial charge in [-0.2, -0.15) is 5.26 Å². The van der Waals surface area contributed by atoms with Crippen LogP contribution in [0.1, 0.15) is 25.3 Å². The van der Waals surface area contributed by atoms with Gasteiger partial charge in [0.15, 0.2) is 0 Å². The third-order valence-corrected chi connectivity index (χ3v) is 3.89. The molecule has 1 saturated heterocycles. The minimum Gasteiger partial charge on any atom is -0.492 e. The number of methoxy groups -OCH3 is 1. The van der Waals surface area contributed by atoms with Gasteiger partial charge in [-0.25, -0.2) is 0 Å². The van der Waals surface area contributed by atoms with Gasteiger partial charge in [0, 0.05) is 20.2 Å². The quantitative estimate of drug-likeness (QED) is 0.827. The molecule has 1 unspecified atom stereocenters. The van der Waals surface area contributed by atoms with Crippen molar-refractivity contribution in [2.45, 2.75) is 25.4 Å². The summed E-state index contributed by atoms with van der Waals surface area (Å²) in [6.45, 7) is 5.79. The molecule has 4 nitrogen and oxygen atoms in total. The molecule has 20 heavy (non-hydrogen) atoms. The number of nitrogens with zero attached hydrogens (tertiary/aromatic N) is 2. The number of likely N-dealkylation sites (tertiary alicyclic amines) is 1. The monoisotopic (exact) mass is 274 g/mol. The summed E-state index contributed by atoms with van der Waals surface area (Å²) < 4.78 is 11.3. The Balaban J connectivity index is 1.76. The standard InChI is InChI=1S/C16H22N2O2/c1-16(19-2)8-3-9-18(13-16)10-11-20-15-6-4-14(12-17)5-7-15/h4-7H,3,8-11,13H2,1-2H3. The van der Waals surface area contributed by atoms with Crippen molar-refractivity contribution in [2.24, 2.45) is 0 Å². The molecule has 4 heteroatoms. The largest absolute Gasteiger partial charge is 0.492 e. The lowest BCUT2D eigenvalue weighted by Crippen LogP contribution is -2.48. The van der Waals surface area contributed by atoms with Crippen LogP contribution in [0.25, 0.3) is 0 Å². The zero-order chi connectivity index (χ0) is 14.4. The number of rotatable bonds is 5. The molecular weight excluding hydrogens is 252 g/mol. The number of piperidine rings is 1. The maximum absolute atomic E-state index is 8.74. The number of hydrogen-bond donors (Lipinski definition) is 0. The lowest BCUT2D eigenvalue weighted by atomic mass is 9.95. The molecule has 1 aliphatic heterocycles. The summed E-state index contributed by atoms with van der Waals surface area (Å²) in [4.78, 5) is 2.39. The van der Waals surface area contributed by atoms with Crippen LogP contribution >= 0.6 is 0 Å². The Morgan fingerprint density at radius 1 is 1.35 bits per heavy atom. The number of ether oxygens (including phenoxy) is 2. The Kier molecular flexibility index (Phi) is 4.99. The van der Waals surface area contributed by atoms with E-state index in [4.69, 9.17) is 14.7 Å². The lowest BCUT2D eigenvalue weighted by Gasteiger charge is -2.39. The molecular formula is C16H22N2O2. The van der Waals surface area contributed by atoms with Crippen LogP contribution in [0.2, 0.25) is 0 Å². The Labute approximate surface area is 120 Å². The van der Waals surface area contributed by atoms with E-state index in [-0.39, 0.29) is 5.60 Å². The van der Waals surface area contributed by atoms with Crippen LogP contribution in [0.15, 0.2) is 24.3 Å². The number of benzene rings is 1. The second kappa shape index (κ2) is 6.74. The van der Waals surface area contributed by atoms with Gasteiger partial charge in [-0.1, -0.05) is 0 Å². The lowest BCUT2D eigenvalue weighted by molar-refractivity contribution is -0.0524. The van der Waals surface area contributed by atoms with Crippen LogP contribution in [0.5, 0.6) is 5.75 Å². The molecule has 0 radical (unpaired) electrons. The fraction of sp³-hybridized carbons (Fsp3) is 0.562. The summed E-state index contributed by atoms with van der Waals surface area (Å²) in [6, 6.07) is 9.33. The van der Waals surface area contributed by atoms with Crippen LogP contribution < -0.4 is 4.74 Å². The fourth-order valence-electron chi connectivity index (χ4n) is 2.58. The van der Waals surface area contributed by atoms with Crippen LogP contribution in [0.4, 0.5) is 0 Å². The molecule has 1 heterocycles. The molecule has 0 amide bonds. The van der Waals surface area contributed by atoms with Crippen molar-refractivity contribution in [1.82, 2.24) is 4.90 Å². The highest BCUT2D eigenvalue weighted by Crippen LogP contribution is 2.23. The third kappa shape index (κ3) is 3.96. The fourth-order valence-corrected chi connectivity index (χ4v) is 2.58. The van der Waals surface area contributed by atoms with E-state index >= 15 is 0 Å². The highest BCUT2D eigenvalue weighted by Gasteiger charge is 2.30. The van der Waals surface area contributed by atoms with Gasteiger partial charge >= 0.3 is 0 Å². The maximum atomic E-state index is 8.74. The van der Waals surface area contributed by atoms with E-state index in [1.165, 1.54) is 6.42 Å². The molecule has 0 saturated carbocycles. The van der Waals surface area contributed by atoms with E-state index in [2.05, 4.69) is 17.9 Å². The van der Waals surface area contributed by atoms with Gasteiger partial charge in [-0.3, -0.25) is 4.90 Å². The minimum atomic E-state index is -0.0211. The molecule has 2 rings (SSSR count). The summed E-state index contributed by atoms with van der Waals surface area (Å²) in [5.41, 5.74) is 0.636. The molecule has 1 aromatic rings. The summed E-state index contributed by atoms with van der Waals surface area (Å²) >= 11 is 0. The molecule has 0 bridgehead atoms. The Morgan fingerprint density at radius 3 is 2.75 bits per heavy atom. The Hall–Kier alpha value is -1.57. The van der Waals surface area contributed by atoms with Crippen LogP contribution in [-0.4, -0.2) is 43.9 Å². The van der Waals surface area contributed by atoms with Gasteiger partial charge in [-0.05, 0) is 50.6 Å². The van der Waals surface area contributed by atoms with Crippen molar-refractivity contribution in [3.63, 3.8) is 0 Å². The third-order valence-electron chi connectivity index (χ3n) is 3.89. The minimum absolute atomic E-state index is 0.0211. The molecule has 0 N–H and O–H groups in total. The average Bonchev–Trinajstić information content (AvgIpc) is 2.48. The van der Waals surface area contributed by atoms with Crippen LogP contribution in [-0.2, 0) is 4.74 Å². The van der Waals surface area contributed by atoms with Gasteiger partial charge in [0.25, 0.3) is 0 Å². The Morgan fingerprint density at radius 2 is 2.10 bits per heavy atom. The SMILES string of the molecule is COC1(C)CCCN(CCOc2ccc(C#N)cc2)C1. The first-order valence-electron chi connectivity index (χ1n) is 7.06. The number of nitriles is 1. The summed E-state index contributed by atoms with van der Waals surface area (Å²) in [5, 5.41) is 8.74. The van der Waals surface area contributed by atoms with Crippen molar-refractivity contribution < 1.29 is 9.47 Å². The highest BCUT2D eigenvalue weighted by molar-refractivity contribution is 5.34. The van der Waals surface area contributed by atoms with Crippen molar-refractivity contribution in [3.8, 4) is 11.8 Å². The predicted octanol–water partition coefficient (Wildman–Crippen LogP) is 2.44. The van der Waals surface area contributed by atoms with Crippen molar-refractivity contribution >= 4 is 0 Å². The first-order valence-corrected chi connectivity index (χ1v) is 7.06. The van der Waals surface area contributed by atoms with Crippen molar-refractivity contribution in [3.05, 3.63) is 29.8 Å². The summed E-state index contributed by atoms with van der Waals surface area (Å²) in [7, 11) is 1.79. The molecule has 0 spiro atoms. The first kappa shape index (κ1) is 14.8. The van der Waals surface area contributed by atoms with E-state index in [9.17, 15) is 0 Å². The van der Waals surface area contributed by atoms with Gasteiger partial charge in [0.2, 0.25) is 0 Å². The average molecular weight is 274 g/mol. The van der Waals surface area contributed by atoms with E-state index in [0.717, 1.165) is 31.8 Å². The molecule has 1 atom stereocenters. The second-order valence-electron chi connectivity index (χ2n) is 5.52. The van der Waals surface area contributed by atoms with Gasteiger partial charge in [0.05, 0.1) is 17.2 Å². The van der Waals surface area contributed by atoms with Crippen molar-refractivity contribution in [2.75, 3.05) is 33.4 Å². The van der Waals surface area contributed by atoms with E-state index < -0.39 is 0 Å². The van der Waals surface area contributed by atoms with Crippen molar-refractivity contribution in [1.29, 1.82) is 5.26 Å². The van der Waals surface area contributed by atoms with Gasteiger partial charge in [-0.15, -0.1) is 0 Å². The predicted molar refractivity (Wildman–Crippen MR) is 77.7 cm³/mol. The van der Waals surface area contributed by atoms with Gasteiger partial charge in [0.1, 0.15) is 12.4 Å². The molecule has 1 aromatic carbocycles. The Bertz CT molecular complexity index is 466. The van der Waals surface area contributed by atoms with E-state index in [1.54, 1.807) is 19.2 Å². The maximum Gasteiger partial charge on any atom is 0.119 e. The molecule has 108 valence electrons. The van der Waals surface area contributed by atoms with Crippen LogP contribution in [0, 0.1) is 11.3 Å². The highest BCUT2D eigenvalue weighted by atomic mass is 16.5. The zero-order valence-electron chi connectivity index (χ0n) is 12.3. The second-order valence-corrected chi connectivity index (χ2v) is 5.52. The molecule has 1 aliphatic rings. The topological polar surface area (TPSA) is 45.5 Å². The smallest absolute Gasteiger partial charge is 0.119 e. The van der Waals surface area contributed by atoms with E-state index in [0.29, 0.717) is 12.2 Å². The zero-order valence-corrected chi connectivity index (χ0v) is 12.3. The number of hydrogen-bond acceptors (Lipinski definition) is 4. The van der Waals surface area contributed by atoms with E-state index in [1.807, 2.05) is 12.1 Å². The molecule has 0 aromatic heterocycles. The molecule has 0 aliphatic carbocycles.